The van der Waals surface area contributed by atoms with Crippen LogP contribution in [0.15, 0.2) is 36.8 Å². The number of amides is 3. The highest BCUT2D eigenvalue weighted by Gasteiger charge is 2.31. The maximum atomic E-state index is 13.5. The van der Waals surface area contributed by atoms with Crippen molar-refractivity contribution in [3.05, 3.63) is 48.0 Å². The zero-order chi connectivity index (χ0) is 29.1. The lowest BCUT2D eigenvalue weighted by Crippen LogP contribution is -2.58. The molecule has 12 nitrogen and oxygen atoms in total. The normalized spacial score (nSPS) is 14.3. The third kappa shape index (κ3) is 10.8. The lowest BCUT2D eigenvalue weighted by atomic mass is 9.99. The number of rotatable bonds is 15. The van der Waals surface area contributed by atoms with Gasteiger partial charge in [-0.3, -0.25) is 14.4 Å². The van der Waals surface area contributed by atoms with Crippen LogP contribution in [0.1, 0.15) is 51.8 Å². The number of hydrogen-bond donors (Lipinski definition) is 7. The average molecular weight is 545 g/mol. The number of nitrogens with zero attached hydrogens (tertiary/aromatic N) is 1. The van der Waals surface area contributed by atoms with Crippen LogP contribution in [0.3, 0.4) is 0 Å². The molecule has 12 heteroatoms. The minimum atomic E-state index is -1.16. The summed E-state index contributed by atoms with van der Waals surface area (Å²) in [6.07, 6.45) is 3.74. The number of imidazole rings is 1. The molecule has 4 atom stereocenters. The molecule has 39 heavy (non-hydrogen) atoms. The number of carbonyl (C=O) groups excluding carboxylic acids is 3. The first kappa shape index (κ1) is 31.3. The van der Waals surface area contributed by atoms with Gasteiger partial charge in [-0.15, -0.1) is 0 Å². The van der Waals surface area contributed by atoms with Crippen LogP contribution in [0.25, 0.3) is 0 Å². The van der Waals surface area contributed by atoms with Crippen molar-refractivity contribution >= 4 is 23.7 Å². The maximum absolute atomic E-state index is 13.5. The molecule has 0 radical (unpaired) electrons. The Labute approximate surface area is 228 Å². The van der Waals surface area contributed by atoms with Crippen molar-refractivity contribution in [3.8, 4) is 5.75 Å². The molecule has 0 saturated heterocycles. The van der Waals surface area contributed by atoms with Gasteiger partial charge in [0.15, 0.2) is 0 Å². The number of carboxylic acids is 1. The number of benzene rings is 1. The number of phenolic OH excluding ortho intramolecular Hbond substituents is 1. The predicted octanol–water partition coefficient (Wildman–Crippen LogP) is 0.859. The molecule has 0 fully saturated rings. The van der Waals surface area contributed by atoms with Gasteiger partial charge in [0.1, 0.15) is 23.9 Å². The van der Waals surface area contributed by atoms with E-state index in [2.05, 4.69) is 25.9 Å². The van der Waals surface area contributed by atoms with E-state index in [4.69, 9.17) is 5.73 Å². The molecule has 0 saturated carbocycles. The van der Waals surface area contributed by atoms with Gasteiger partial charge in [-0.05, 0) is 42.4 Å². The van der Waals surface area contributed by atoms with Crippen molar-refractivity contribution in [1.82, 2.24) is 25.9 Å². The summed E-state index contributed by atoms with van der Waals surface area (Å²) >= 11 is 0. The highest BCUT2D eigenvalue weighted by Crippen LogP contribution is 2.13. The Bertz CT molecular complexity index is 1090. The van der Waals surface area contributed by atoms with Crippen LogP contribution in [0.4, 0.5) is 0 Å². The fourth-order valence-corrected chi connectivity index (χ4v) is 4.02. The summed E-state index contributed by atoms with van der Waals surface area (Å²) in [6.45, 7) is 7.45. The SMILES string of the molecule is CC(C)CC(NC(=O)C(CC(C)C)NC(=O)C(Cc1ccc(O)cc1)NC(=O)C(N)Cc1cnc[nH]1)C(=O)O. The molecular weight excluding hydrogens is 504 g/mol. The molecule has 0 aliphatic heterocycles. The molecule has 8 N–H and O–H groups in total. The van der Waals surface area contributed by atoms with E-state index in [1.54, 1.807) is 18.3 Å². The third-order valence-electron chi connectivity index (χ3n) is 6.00. The van der Waals surface area contributed by atoms with Gasteiger partial charge >= 0.3 is 5.97 Å². The second-order valence-corrected chi connectivity index (χ2v) is 10.5. The summed E-state index contributed by atoms with van der Waals surface area (Å²) in [7, 11) is 0. The number of H-pyrrole nitrogens is 1. The molecule has 2 rings (SSSR count). The van der Waals surface area contributed by atoms with Crippen LogP contribution in [-0.2, 0) is 32.0 Å². The Hall–Kier alpha value is -3.93. The van der Waals surface area contributed by atoms with E-state index in [9.17, 15) is 29.4 Å². The van der Waals surface area contributed by atoms with E-state index in [1.165, 1.54) is 18.5 Å². The van der Waals surface area contributed by atoms with E-state index in [1.807, 2.05) is 27.7 Å². The number of phenols is 1. The van der Waals surface area contributed by atoms with Crippen LogP contribution in [0.5, 0.6) is 5.75 Å². The van der Waals surface area contributed by atoms with E-state index >= 15 is 0 Å². The summed E-state index contributed by atoms with van der Waals surface area (Å²) in [5.41, 5.74) is 7.37. The van der Waals surface area contributed by atoms with Gasteiger partial charge in [-0.1, -0.05) is 39.8 Å². The molecule has 0 aliphatic rings. The Kier molecular flexibility index (Phi) is 11.9. The van der Waals surface area contributed by atoms with Crippen molar-refractivity contribution in [3.63, 3.8) is 0 Å². The van der Waals surface area contributed by atoms with Crippen LogP contribution < -0.4 is 21.7 Å². The van der Waals surface area contributed by atoms with Crippen molar-refractivity contribution < 1.29 is 29.4 Å². The molecule has 0 bridgehead atoms. The molecular formula is C27H40N6O6. The van der Waals surface area contributed by atoms with Crippen molar-refractivity contribution in [2.45, 2.75) is 77.5 Å². The lowest BCUT2D eigenvalue weighted by Gasteiger charge is -2.26. The number of aliphatic carboxylic acids is 1. The average Bonchev–Trinajstić information content (AvgIpc) is 3.36. The smallest absolute Gasteiger partial charge is 0.326 e. The fourth-order valence-electron chi connectivity index (χ4n) is 4.02. The molecule has 2 aromatic rings. The first-order valence-corrected chi connectivity index (χ1v) is 13.0. The first-order chi connectivity index (χ1) is 18.3. The predicted molar refractivity (Wildman–Crippen MR) is 144 cm³/mol. The zero-order valence-corrected chi connectivity index (χ0v) is 22.8. The van der Waals surface area contributed by atoms with Gasteiger partial charge in [0.25, 0.3) is 0 Å². The second kappa shape index (κ2) is 14.9. The van der Waals surface area contributed by atoms with Gasteiger partial charge in [0.2, 0.25) is 17.7 Å². The summed E-state index contributed by atoms with van der Waals surface area (Å²) in [5, 5.41) is 27.1. The molecule has 0 aliphatic carbocycles. The van der Waals surface area contributed by atoms with Crippen molar-refractivity contribution in [2.24, 2.45) is 17.6 Å². The minimum Gasteiger partial charge on any atom is -0.508 e. The third-order valence-corrected chi connectivity index (χ3v) is 6.00. The molecule has 1 heterocycles. The van der Waals surface area contributed by atoms with Gasteiger partial charge in [-0.2, -0.15) is 0 Å². The van der Waals surface area contributed by atoms with Crippen LogP contribution in [0.2, 0.25) is 0 Å². The summed E-state index contributed by atoms with van der Waals surface area (Å²) in [6, 6.07) is 1.98. The fraction of sp³-hybridized carbons (Fsp3) is 0.519. The largest absolute Gasteiger partial charge is 0.508 e. The number of nitrogens with two attached hydrogens (primary N) is 1. The monoisotopic (exact) mass is 544 g/mol. The van der Waals surface area contributed by atoms with Crippen LogP contribution in [0, 0.1) is 11.8 Å². The number of aromatic nitrogens is 2. The molecule has 214 valence electrons. The maximum Gasteiger partial charge on any atom is 0.326 e. The summed E-state index contributed by atoms with van der Waals surface area (Å²) < 4.78 is 0. The second-order valence-electron chi connectivity index (χ2n) is 10.5. The highest BCUT2D eigenvalue weighted by atomic mass is 16.4. The zero-order valence-electron chi connectivity index (χ0n) is 22.8. The Morgan fingerprint density at radius 1 is 0.846 bits per heavy atom. The van der Waals surface area contributed by atoms with E-state index < -0.39 is 47.9 Å². The number of aromatic amines is 1. The highest BCUT2D eigenvalue weighted by molar-refractivity contribution is 5.94. The topological polar surface area (TPSA) is 200 Å². The lowest BCUT2D eigenvalue weighted by molar-refractivity contribution is -0.143. The Morgan fingerprint density at radius 2 is 1.38 bits per heavy atom. The van der Waals surface area contributed by atoms with Gasteiger partial charge in [0, 0.05) is 24.7 Å². The van der Waals surface area contributed by atoms with Crippen LogP contribution >= 0.6 is 0 Å². The molecule has 1 aromatic heterocycles. The van der Waals surface area contributed by atoms with E-state index in [0.717, 1.165) is 0 Å². The van der Waals surface area contributed by atoms with E-state index in [-0.39, 0.29) is 43.3 Å². The standard InChI is InChI=1S/C27H40N6O6/c1-15(2)9-21(25(36)33-23(27(38)39)10-16(3)4)32-26(37)22(11-17-5-7-19(34)8-6-17)31-24(35)20(28)12-18-13-29-14-30-18/h5-8,13-16,20-23,34H,9-12,28H2,1-4H3,(H,29,30)(H,31,35)(H,32,37)(H,33,36)(H,38,39). The number of aromatic hydroxyl groups is 1. The van der Waals surface area contributed by atoms with Crippen molar-refractivity contribution in [2.75, 3.05) is 0 Å². The minimum absolute atomic E-state index is 0.00222. The number of carbonyl (C=O) groups is 4. The Morgan fingerprint density at radius 3 is 1.92 bits per heavy atom. The summed E-state index contributed by atoms with van der Waals surface area (Å²) in [4.78, 5) is 57.9. The van der Waals surface area contributed by atoms with Gasteiger partial charge in [0.05, 0.1) is 12.4 Å². The van der Waals surface area contributed by atoms with Gasteiger partial charge in [-0.25, -0.2) is 9.78 Å². The summed E-state index contributed by atoms with van der Waals surface area (Å²) in [5.74, 6) is -2.89. The quantitative estimate of drug-likeness (QED) is 0.171. The van der Waals surface area contributed by atoms with E-state index in [0.29, 0.717) is 11.3 Å². The molecule has 0 spiro atoms. The van der Waals surface area contributed by atoms with Crippen molar-refractivity contribution in [1.29, 1.82) is 0 Å². The molecule has 3 amide bonds. The Balaban J connectivity index is 2.22. The number of carboxylic acid groups (broad SMARTS) is 1. The molecule has 1 aromatic carbocycles. The first-order valence-electron chi connectivity index (χ1n) is 13.0. The number of hydrogen-bond acceptors (Lipinski definition) is 7. The molecule has 4 unspecified atom stereocenters. The number of nitrogens with one attached hydrogen (secondary N) is 4. The van der Waals surface area contributed by atoms with Gasteiger partial charge < -0.3 is 36.9 Å². The van der Waals surface area contributed by atoms with Crippen LogP contribution in [-0.4, -0.2) is 68.0 Å².